The van der Waals surface area contributed by atoms with E-state index in [1.807, 2.05) is 35.7 Å². The van der Waals surface area contributed by atoms with Crippen LogP contribution in [-0.4, -0.2) is 57.5 Å². The standard InChI is InChI=1S/C19H22N6O2S2/c1-26-14-5-6-15(16(12-14)27-2)20-19(28)24-9-7-13(8-10-24)25-22-18(21-23-25)17-4-3-11-29-17/h3-6,11-13H,7-10H2,1-2H3,(H,20,28). The van der Waals surface area contributed by atoms with Gasteiger partial charge in [-0.15, -0.1) is 21.5 Å². The Balaban J connectivity index is 1.35. The van der Waals surface area contributed by atoms with E-state index in [1.165, 1.54) is 0 Å². The Morgan fingerprint density at radius 1 is 1.21 bits per heavy atom. The second-order valence-corrected chi connectivity index (χ2v) is 7.96. The van der Waals surface area contributed by atoms with E-state index in [2.05, 4.69) is 25.6 Å². The van der Waals surface area contributed by atoms with Crippen LogP contribution in [0.5, 0.6) is 11.5 Å². The van der Waals surface area contributed by atoms with Crippen molar-refractivity contribution in [2.24, 2.45) is 0 Å². The number of aromatic nitrogens is 4. The molecule has 4 rings (SSSR count). The highest BCUT2D eigenvalue weighted by Crippen LogP contribution is 2.30. The van der Waals surface area contributed by atoms with Crippen LogP contribution in [0.1, 0.15) is 18.9 Å². The minimum absolute atomic E-state index is 0.228. The Morgan fingerprint density at radius 3 is 2.72 bits per heavy atom. The number of thiophene rings is 1. The number of rotatable bonds is 5. The number of anilines is 1. The number of thiocarbonyl (C=S) groups is 1. The van der Waals surface area contributed by atoms with Gasteiger partial charge in [0.15, 0.2) is 5.11 Å². The van der Waals surface area contributed by atoms with Crippen molar-refractivity contribution < 1.29 is 9.47 Å². The van der Waals surface area contributed by atoms with Gasteiger partial charge in [0.05, 0.1) is 30.8 Å². The normalized spacial score (nSPS) is 14.6. The summed E-state index contributed by atoms with van der Waals surface area (Å²) >= 11 is 7.23. The second kappa shape index (κ2) is 8.75. The summed E-state index contributed by atoms with van der Waals surface area (Å²) in [6, 6.07) is 9.84. The van der Waals surface area contributed by atoms with Crippen molar-refractivity contribution >= 4 is 34.4 Å². The summed E-state index contributed by atoms with van der Waals surface area (Å²) in [5.74, 6) is 2.11. The Hall–Kier alpha value is -2.72. The largest absolute Gasteiger partial charge is 0.497 e. The molecule has 0 spiro atoms. The van der Waals surface area contributed by atoms with Gasteiger partial charge in [-0.25, -0.2) is 0 Å². The molecule has 1 saturated heterocycles. The number of hydrogen-bond donors (Lipinski definition) is 1. The van der Waals surface area contributed by atoms with Crippen LogP contribution in [0.15, 0.2) is 35.7 Å². The van der Waals surface area contributed by atoms with Crippen LogP contribution in [0.25, 0.3) is 10.7 Å². The van der Waals surface area contributed by atoms with E-state index in [0.717, 1.165) is 42.2 Å². The lowest BCUT2D eigenvalue weighted by atomic mass is 10.1. The van der Waals surface area contributed by atoms with Crippen molar-refractivity contribution in [1.82, 2.24) is 25.1 Å². The fraction of sp³-hybridized carbons (Fsp3) is 0.368. The SMILES string of the molecule is COc1ccc(NC(=S)N2CCC(n3nnc(-c4cccs4)n3)CC2)c(OC)c1. The van der Waals surface area contributed by atoms with Crippen LogP contribution < -0.4 is 14.8 Å². The van der Waals surface area contributed by atoms with Crippen molar-refractivity contribution in [2.45, 2.75) is 18.9 Å². The van der Waals surface area contributed by atoms with Gasteiger partial charge < -0.3 is 19.7 Å². The number of likely N-dealkylation sites (tertiary alicyclic amines) is 1. The molecule has 1 aliphatic heterocycles. The second-order valence-electron chi connectivity index (χ2n) is 6.63. The number of tetrazole rings is 1. The summed E-state index contributed by atoms with van der Waals surface area (Å²) in [5.41, 5.74) is 0.818. The molecule has 0 bridgehead atoms. The number of benzene rings is 1. The fourth-order valence-corrected chi connectivity index (χ4v) is 4.22. The van der Waals surface area contributed by atoms with E-state index >= 15 is 0 Å². The van der Waals surface area contributed by atoms with E-state index < -0.39 is 0 Å². The van der Waals surface area contributed by atoms with Crippen LogP contribution >= 0.6 is 23.6 Å². The van der Waals surface area contributed by atoms with Crippen LogP contribution in [0.3, 0.4) is 0 Å². The first-order chi connectivity index (χ1) is 14.2. The topological polar surface area (TPSA) is 77.3 Å². The molecule has 1 aromatic carbocycles. The Morgan fingerprint density at radius 2 is 2.03 bits per heavy atom. The Bertz CT molecular complexity index is 967. The molecule has 8 nitrogen and oxygen atoms in total. The van der Waals surface area contributed by atoms with Crippen LogP contribution in [0.2, 0.25) is 0 Å². The zero-order valence-corrected chi connectivity index (χ0v) is 17.9. The van der Waals surface area contributed by atoms with Gasteiger partial charge in [0.2, 0.25) is 5.82 Å². The predicted octanol–water partition coefficient (Wildman–Crippen LogP) is 3.45. The van der Waals surface area contributed by atoms with Crippen molar-refractivity contribution in [2.75, 3.05) is 32.6 Å². The van der Waals surface area contributed by atoms with Gasteiger partial charge in [-0.1, -0.05) is 6.07 Å². The lowest BCUT2D eigenvalue weighted by molar-refractivity contribution is 0.238. The first kappa shape index (κ1) is 19.6. The van der Waals surface area contributed by atoms with Crippen molar-refractivity contribution in [3.63, 3.8) is 0 Å². The van der Waals surface area contributed by atoms with Gasteiger partial charge in [0.1, 0.15) is 11.5 Å². The minimum Gasteiger partial charge on any atom is -0.497 e. The molecule has 152 valence electrons. The minimum atomic E-state index is 0.228. The van der Waals surface area contributed by atoms with Gasteiger partial charge in [-0.05, 0) is 53.9 Å². The summed E-state index contributed by atoms with van der Waals surface area (Å²) in [4.78, 5) is 4.94. The zero-order chi connectivity index (χ0) is 20.2. The smallest absolute Gasteiger partial charge is 0.214 e. The highest BCUT2D eigenvalue weighted by molar-refractivity contribution is 7.80. The molecule has 1 N–H and O–H groups in total. The molecular formula is C19H22N6O2S2. The molecule has 0 radical (unpaired) electrons. The van der Waals surface area contributed by atoms with Crippen molar-refractivity contribution in [1.29, 1.82) is 0 Å². The molecule has 1 fully saturated rings. The third-order valence-corrected chi connectivity index (χ3v) is 6.12. The fourth-order valence-electron chi connectivity index (χ4n) is 3.28. The van der Waals surface area contributed by atoms with Crippen molar-refractivity contribution in [3.05, 3.63) is 35.7 Å². The highest BCUT2D eigenvalue weighted by Gasteiger charge is 2.25. The number of hydrogen-bond acceptors (Lipinski definition) is 7. The highest BCUT2D eigenvalue weighted by atomic mass is 32.1. The van der Waals surface area contributed by atoms with E-state index in [-0.39, 0.29) is 6.04 Å². The third-order valence-electron chi connectivity index (χ3n) is 4.90. The first-order valence-electron chi connectivity index (χ1n) is 9.29. The van der Waals surface area contributed by atoms with Crippen molar-refractivity contribution in [3.8, 4) is 22.2 Å². The molecule has 0 atom stereocenters. The van der Waals surface area contributed by atoms with Gasteiger partial charge in [0, 0.05) is 19.2 Å². The summed E-state index contributed by atoms with van der Waals surface area (Å²) in [5, 5.41) is 19.0. The summed E-state index contributed by atoms with van der Waals surface area (Å²) in [7, 11) is 3.26. The van der Waals surface area contributed by atoms with E-state index in [1.54, 1.807) is 30.4 Å². The monoisotopic (exact) mass is 430 g/mol. The average Bonchev–Trinajstić information content (AvgIpc) is 3.46. The molecule has 29 heavy (non-hydrogen) atoms. The maximum absolute atomic E-state index is 5.62. The van der Waals surface area contributed by atoms with Gasteiger partial charge >= 0.3 is 0 Å². The van der Waals surface area contributed by atoms with Crippen LogP contribution in [0, 0.1) is 0 Å². The molecule has 1 aliphatic rings. The lowest BCUT2D eigenvalue weighted by Crippen LogP contribution is -2.41. The molecule has 3 aromatic rings. The predicted molar refractivity (Wildman–Crippen MR) is 117 cm³/mol. The molecule has 3 heterocycles. The molecular weight excluding hydrogens is 408 g/mol. The number of piperidine rings is 1. The molecule has 0 saturated carbocycles. The molecule has 10 heteroatoms. The van der Waals surface area contributed by atoms with E-state index in [9.17, 15) is 0 Å². The number of nitrogens with zero attached hydrogens (tertiary/aromatic N) is 5. The van der Waals surface area contributed by atoms with E-state index in [4.69, 9.17) is 21.7 Å². The number of nitrogens with one attached hydrogen (secondary N) is 1. The quantitative estimate of drug-likeness (QED) is 0.617. The average molecular weight is 431 g/mol. The van der Waals surface area contributed by atoms with Gasteiger partial charge in [0.25, 0.3) is 0 Å². The van der Waals surface area contributed by atoms with E-state index in [0.29, 0.717) is 16.7 Å². The number of ether oxygens (including phenoxy) is 2. The first-order valence-corrected chi connectivity index (χ1v) is 10.6. The van der Waals surface area contributed by atoms with Gasteiger partial charge in [-0.2, -0.15) is 4.80 Å². The zero-order valence-electron chi connectivity index (χ0n) is 16.2. The van der Waals surface area contributed by atoms with Crippen LogP contribution in [-0.2, 0) is 0 Å². The summed E-state index contributed by atoms with van der Waals surface area (Å²) in [6.07, 6.45) is 1.81. The molecule has 0 aliphatic carbocycles. The summed E-state index contributed by atoms with van der Waals surface area (Å²) in [6.45, 7) is 1.65. The molecule has 2 aromatic heterocycles. The maximum atomic E-state index is 5.62. The Kier molecular flexibility index (Phi) is 5.91. The molecule has 0 unspecified atom stereocenters. The third kappa shape index (κ3) is 4.33. The van der Waals surface area contributed by atoms with Crippen LogP contribution in [0.4, 0.5) is 5.69 Å². The lowest BCUT2D eigenvalue weighted by Gasteiger charge is -2.33. The molecule has 0 amide bonds. The maximum Gasteiger partial charge on any atom is 0.214 e. The number of methoxy groups -OCH3 is 2. The summed E-state index contributed by atoms with van der Waals surface area (Å²) < 4.78 is 10.7. The Labute approximate surface area is 178 Å². The van der Waals surface area contributed by atoms with Gasteiger partial charge in [-0.3, -0.25) is 0 Å².